The van der Waals surface area contributed by atoms with Gasteiger partial charge in [0.1, 0.15) is 34.3 Å². The van der Waals surface area contributed by atoms with Gasteiger partial charge in [-0.3, -0.25) is 24.1 Å². The van der Waals surface area contributed by atoms with Crippen LogP contribution in [0.5, 0.6) is 17.2 Å². The summed E-state index contributed by atoms with van der Waals surface area (Å²) in [6.45, 7) is -0.371. The molecular formula is C36H36N4O7S. The molecule has 0 unspecified atom stereocenters. The van der Waals surface area contributed by atoms with E-state index in [-0.39, 0.29) is 18.0 Å². The predicted molar refractivity (Wildman–Crippen MR) is 182 cm³/mol. The van der Waals surface area contributed by atoms with Crippen molar-refractivity contribution >= 4 is 46.2 Å². The molecule has 12 heteroatoms. The second kappa shape index (κ2) is 13.9. The first kappa shape index (κ1) is 32.7. The third-order valence-corrected chi connectivity index (χ3v) is 9.81. The first-order valence-corrected chi connectivity index (χ1v) is 16.5. The molecule has 2 heterocycles. The number of hydrogen-bond donors (Lipinski definition) is 1. The quantitative estimate of drug-likeness (QED) is 0.201. The maximum absolute atomic E-state index is 14.5. The lowest BCUT2D eigenvalue weighted by Crippen LogP contribution is -2.61. The molecule has 1 aliphatic carbocycles. The fourth-order valence-electron chi connectivity index (χ4n) is 6.41. The molecule has 0 spiro atoms. The lowest BCUT2D eigenvalue weighted by molar-refractivity contribution is -0.148. The molecule has 0 radical (unpaired) electrons. The van der Waals surface area contributed by atoms with Crippen LogP contribution in [0.15, 0.2) is 72.1 Å². The Labute approximate surface area is 282 Å². The number of rotatable bonds is 11. The van der Waals surface area contributed by atoms with Gasteiger partial charge in [0.25, 0.3) is 11.7 Å². The molecule has 1 fully saturated rings. The number of thiazole rings is 1. The summed E-state index contributed by atoms with van der Waals surface area (Å²) >= 11 is 1.38. The van der Waals surface area contributed by atoms with Crippen LogP contribution in [0.3, 0.4) is 0 Å². The second-order valence-corrected chi connectivity index (χ2v) is 12.6. The molecule has 3 amide bonds. The molecule has 6 rings (SSSR count). The second-order valence-electron chi connectivity index (χ2n) is 11.7. The van der Waals surface area contributed by atoms with E-state index in [2.05, 4.69) is 5.32 Å². The number of benzene rings is 3. The fraction of sp³-hybridized carbons (Fsp3) is 0.306. The van der Waals surface area contributed by atoms with Crippen LogP contribution in [0.1, 0.15) is 47.5 Å². The Balaban J connectivity index is 1.37. The number of aromatic nitrogens is 1. The maximum atomic E-state index is 14.5. The topological polar surface area (TPSA) is 127 Å². The Morgan fingerprint density at radius 1 is 0.917 bits per heavy atom. The maximum Gasteiger partial charge on any atom is 0.299 e. The molecule has 3 aromatic carbocycles. The third kappa shape index (κ3) is 6.23. The van der Waals surface area contributed by atoms with Crippen molar-refractivity contribution in [3.05, 3.63) is 82.7 Å². The van der Waals surface area contributed by atoms with Crippen molar-refractivity contribution in [1.29, 1.82) is 0 Å². The van der Waals surface area contributed by atoms with Crippen LogP contribution in [0.4, 0.5) is 11.4 Å². The molecule has 1 saturated carbocycles. The van der Waals surface area contributed by atoms with Crippen molar-refractivity contribution in [2.75, 3.05) is 38.1 Å². The smallest absolute Gasteiger partial charge is 0.299 e. The van der Waals surface area contributed by atoms with E-state index in [1.165, 1.54) is 23.3 Å². The molecule has 0 atom stereocenters. The fourth-order valence-corrected chi connectivity index (χ4v) is 7.20. The zero-order chi connectivity index (χ0) is 33.8. The summed E-state index contributed by atoms with van der Waals surface area (Å²) in [5, 5.41) is 5.57. The van der Waals surface area contributed by atoms with Gasteiger partial charge in [-0.2, -0.15) is 0 Å². The van der Waals surface area contributed by atoms with Crippen molar-refractivity contribution in [3.8, 4) is 28.5 Å². The van der Waals surface area contributed by atoms with Crippen LogP contribution in [0, 0.1) is 0 Å². The number of ether oxygens (including phenoxy) is 3. The van der Waals surface area contributed by atoms with Gasteiger partial charge in [-0.15, -0.1) is 11.3 Å². The third-order valence-electron chi connectivity index (χ3n) is 8.98. The van der Waals surface area contributed by atoms with E-state index >= 15 is 0 Å². The zero-order valence-corrected chi connectivity index (χ0v) is 27.8. The highest BCUT2D eigenvalue weighted by Crippen LogP contribution is 2.39. The molecule has 4 aromatic rings. The minimum absolute atomic E-state index is 0.0322. The minimum Gasteiger partial charge on any atom is -0.497 e. The molecule has 11 nitrogen and oxygen atoms in total. The Bertz CT molecular complexity index is 1850. The number of para-hydroxylation sites is 1. The van der Waals surface area contributed by atoms with E-state index in [0.717, 1.165) is 36.3 Å². The van der Waals surface area contributed by atoms with Gasteiger partial charge in [0.2, 0.25) is 11.8 Å². The molecular weight excluding hydrogens is 632 g/mol. The Kier molecular flexibility index (Phi) is 9.44. The molecule has 1 aromatic heterocycles. The Hall–Kier alpha value is -5.23. The van der Waals surface area contributed by atoms with Gasteiger partial charge in [-0.25, -0.2) is 4.98 Å². The molecule has 1 N–H and O–H groups in total. The van der Waals surface area contributed by atoms with Crippen LogP contribution >= 0.6 is 11.3 Å². The average Bonchev–Trinajstić information content (AvgIpc) is 3.69. The summed E-state index contributed by atoms with van der Waals surface area (Å²) in [6.07, 6.45) is 3.16. The SMILES string of the molecule is COc1ccc(-c2csc(CN(C(=O)CN3C(=O)C(=O)c4ccccc43)C3(C(=O)Nc4ccc(OC)cc4OC)CCCCC3)n2)cc1. The predicted octanol–water partition coefficient (Wildman–Crippen LogP) is 5.74. The van der Waals surface area contributed by atoms with Gasteiger partial charge in [0.05, 0.1) is 50.5 Å². The molecule has 1 aliphatic heterocycles. The van der Waals surface area contributed by atoms with Gasteiger partial charge >= 0.3 is 0 Å². The van der Waals surface area contributed by atoms with Crippen LogP contribution in [-0.4, -0.2) is 66.8 Å². The first-order valence-electron chi connectivity index (χ1n) is 15.7. The van der Waals surface area contributed by atoms with E-state index in [1.54, 1.807) is 61.6 Å². The number of carbonyl (C=O) groups excluding carboxylic acids is 4. The van der Waals surface area contributed by atoms with E-state index in [9.17, 15) is 19.2 Å². The molecule has 48 heavy (non-hydrogen) atoms. The van der Waals surface area contributed by atoms with Gasteiger partial charge in [-0.1, -0.05) is 31.4 Å². The monoisotopic (exact) mass is 668 g/mol. The van der Waals surface area contributed by atoms with E-state index in [4.69, 9.17) is 19.2 Å². The van der Waals surface area contributed by atoms with E-state index < -0.39 is 29.7 Å². The number of amides is 3. The molecule has 0 bridgehead atoms. The highest BCUT2D eigenvalue weighted by molar-refractivity contribution is 7.09. The van der Waals surface area contributed by atoms with Gasteiger partial charge in [-0.05, 0) is 61.4 Å². The molecule has 2 aliphatic rings. The van der Waals surface area contributed by atoms with E-state index in [0.29, 0.717) is 40.7 Å². The van der Waals surface area contributed by atoms with Gasteiger partial charge < -0.3 is 24.4 Å². The van der Waals surface area contributed by atoms with Crippen LogP contribution < -0.4 is 24.4 Å². The number of hydrogen-bond acceptors (Lipinski definition) is 9. The number of nitrogens with zero attached hydrogens (tertiary/aromatic N) is 3. The number of anilines is 2. The number of fused-ring (bicyclic) bond motifs is 1. The van der Waals surface area contributed by atoms with Crippen LogP contribution in [0.2, 0.25) is 0 Å². The Morgan fingerprint density at radius 3 is 2.33 bits per heavy atom. The Morgan fingerprint density at radius 2 is 1.62 bits per heavy atom. The number of carbonyl (C=O) groups is 4. The number of methoxy groups -OCH3 is 3. The van der Waals surface area contributed by atoms with Crippen molar-refractivity contribution in [1.82, 2.24) is 9.88 Å². The van der Waals surface area contributed by atoms with Crippen molar-refractivity contribution in [2.24, 2.45) is 0 Å². The summed E-state index contributed by atoms with van der Waals surface area (Å²) < 4.78 is 16.2. The summed E-state index contributed by atoms with van der Waals surface area (Å²) in [5.74, 6) is -0.565. The summed E-state index contributed by atoms with van der Waals surface area (Å²) in [6, 6.07) is 19.2. The first-order chi connectivity index (χ1) is 23.3. The van der Waals surface area contributed by atoms with E-state index in [1.807, 2.05) is 29.6 Å². The highest BCUT2D eigenvalue weighted by atomic mass is 32.1. The largest absolute Gasteiger partial charge is 0.497 e. The van der Waals surface area contributed by atoms with Crippen molar-refractivity contribution in [2.45, 2.75) is 44.2 Å². The van der Waals surface area contributed by atoms with Crippen molar-refractivity contribution in [3.63, 3.8) is 0 Å². The average molecular weight is 669 g/mol. The standard InChI is InChI=1S/C36H36N4O7S/c1-45-24-13-11-23(12-14-24)28-22-48-31(37-28)20-40(32(41)21-39-29-10-6-5-9-26(29)33(42)34(39)43)36(17-7-4-8-18-36)35(44)38-27-16-15-25(46-2)19-30(27)47-3/h5-6,9-16,19,22H,4,7-8,17-18,20-21H2,1-3H3,(H,38,44). The normalized spacial score (nSPS) is 15.1. The number of nitrogens with one attached hydrogen (secondary N) is 1. The van der Waals surface area contributed by atoms with Gasteiger partial charge in [0, 0.05) is 17.0 Å². The van der Waals surface area contributed by atoms with Crippen molar-refractivity contribution < 1.29 is 33.4 Å². The number of Topliss-reactive ketones (excluding diaryl/α,β-unsaturated/α-hetero) is 1. The van der Waals surface area contributed by atoms with Gasteiger partial charge in [0.15, 0.2) is 0 Å². The zero-order valence-electron chi connectivity index (χ0n) is 27.0. The summed E-state index contributed by atoms with van der Waals surface area (Å²) in [4.78, 5) is 62.6. The minimum atomic E-state index is -1.27. The molecule has 0 saturated heterocycles. The highest BCUT2D eigenvalue weighted by Gasteiger charge is 2.48. The van der Waals surface area contributed by atoms with Crippen LogP contribution in [0.25, 0.3) is 11.3 Å². The lowest BCUT2D eigenvalue weighted by Gasteiger charge is -2.45. The summed E-state index contributed by atoms with van der Waals surface area (Å²) in [5.41, 5.74) is 1.41. The molecule has 248 valence electrons. The number of ketones is 1. The summed E-state index contributed by atoms with van der Waals surface area (Å²) in [7, 11) is 4.66. The lowest BCUT2D eigenvalue weighted by atomic mass is 9.79. The van der Waals surface area contributed by atoms with Crippen LogP contribution in [-0.2, 0) is 20.9 Å².